The number of imidazole rings is 1. The summed E-state index contributed by atoms with van der Waals surface area (Å²) < 4.78 is 8.94. The van der Waals surface area contributed by atoms with E-state index in [0.717, 1.165) is 36.0 Å². The Balaban J connectivity index is 1.31. The van der Waals surface area contributed by atoms with Crippen LogP contribution in [-0.4, -0.2) is 50.2 Å². The van der Waals surface area contributed by atoms with Crippen LogP contribution in [0.4, 0.5) is 0 Å². The van der Waals surface area contributed by atoms with Crippen LogP contribution in [-0.2, 0) is 0 Å². The molecule has 0 unspecified atom stereocenters. The number of likely N-dealkylation sites (tertiary alicyclic amines) is 1. The second-order valence-corrected chi connectivity index (χ2v) is 9.79. The fourth-order valence-electron chi connectivity index (χ4n) is 6.16. The third kappa shape index (κ3) is 3.61. The Hall–Kier alpha value is -2.47. The number of rotatable bonds is 5. The Morgan fingerprint density at radius 1 is 1.06 bits per heavy atom. The Labute approximate surface area is 183 Å². The number of benzene rings is 1. The molecule has 3 fully saturated rings. The number of nitrogens with zero attached hydrogens (tertiary/aromatic N) is 5. The highest BCUT2D eigenvalue weighted by Crippen LogP contribution is 2.44. The lowest BCUT2D eigenvalue weighted by atomic mass is 9.77. The van der Waals surface area contributed by atoms with Crippen molar-refractivity contribution in [3.05, 3.63) is 48.7 Å². The van der Waals surface area contributed by atoms with Crippen LogP contribution in [0.3, 0.4) is 0 Å². The Kier molecular flexibility index (Phi) is 4.90. The van der Waals surface area contributed by atoms with Gasteiger partial charge in [-0.1, -0.05) is 18.6 Å². The van der Waals surface area contributed by atoms with Crippen LogP contribution in [0.2, 0.25) is 0 Å². The summed E-state index contributed by atoms with van der Waals surface area (Å²) in [4.78, 5) is 16.2. The standard InChI is InChI=1S/C25H31N5O/c1-17-28-21-7-2-3-8-22(21)30(17)23-11-19-15-29(14-18-5-4-6-18)16-20(19)12-24(23)31-25-13-26-9-10-27-25/h2-3,7-10,13,18-20,23-24H,4-6,11-12,14-16H2,1H3/t19-,20+,23-,24-/m0/s1. The first-order chi connectivity index (χ1) is 15.2. The number of aryl methyl sites for hydroxylation is 1. The molecule has 162 valence electrons. The van der Waals surface area contributed by atoms with E-state index in [1.807, 2.05) is 0 Å². The molecule has 2 aliphatic carbocycles. The van der Waals surface area contributed by atoms with Crippen molar-refractivity contribution >= 4 is 11.0 Å². The molecule has 2 saturated carbocycles. The largest absolute Gasteiger partial charge is 0.471 e. The van der Waals surface area contributed by atoms with Crippen molar-refractivity contribution in [1.82, 2.24) is 24.4 Å². The average molecular weight is 418 g/mol. The number of aromatic nitrogens is 4. The summed E-state index contributed by atoms with van der Waals surface area (Å²) in [5.41, 5.74) is 2.28. The van der Waals surface area contributed by atoms with Crippen LogP contribution >= 0.6 is 0 Å². The minimum absolute atomic E-state index is 0.0814. The van der Waals surface area contributed by atoms with Gasteiger partial charge < -0.3 is 14.2 Å². The van der Waals surface area contributed by atoms with E-state index in [4.69, 9.17) is 9.72 Å². The molecule has 0 radical (unpaired) electrons. The summed E-state index contributed by atoms with van der Waals surface area (Å²) in [7, 11) is 0. The molecule has 2 aromatic heterocycles. The lowest BCUT2D eigenvalue weighted by Gasteiger charge is -2.39. The monoisotopic (exact) mass is 417 g/mol. The molecule has 6 rings (SSSR count). The fraction of sp³-hybridized carbons (Fsp3) is 0.560. The molecule has 0 bridgehead atoms. The lowest BCUT2D eigenvalue weighted by Crippen LogP contribution is -2.40. The molecule has 3 aromatic rings. The van der Waals surface area contributed by atoms with E-state index < -0.39 is 0 Å². The first kappa shape index (κ1) is 19.2. The first-order valence-electron chi connectivity index (χ1n) is 11.8. The zero-order valence-corrected chi connectivity index (χ0v) is 18.2. The van der Waals surface area contributed by atoms with Crippen LogP contribution in [0.15, 0.2) is 42.9 Å². The fourth-order valence-corrected chi connectivity index (χ4v) is 6.16. The summed E-state index contributed by atoms with van der Waals surface area (Å²) in [6.07, 6.45) is 11.7. The van der Waals surface area contributed by atoms with Gasteiger partial charge in [-0.25, -0.2) is 9.97 Å². The van der Waals surface area contributed by atoms with Gasteiger partial charge in [0.05, 0.1) is 23.3 Å². The number of hydrogen-bond donors (Lipinski definition) is 0. The minimum Gasteiger partial charge on any atom is -0.471 e. The molecule has 0 amide bonds. The van der Waals surface area contributed by atoms with Gasteiger partial charge in [0.1, 0.15) is 11.9 Å². The zero-order valence-electron chi connectivity index (χ0n) is 18.2. The molecule has 31 heavy (non-hydrogen) atoms. The maximum Gasteiger partial charge on any atom is 0.232 e. The summed E-state index contributed by atoms with van der Waals surface area (Å²) in [5.74, 6) is 4.06. The topological polar surface area (TPSA) is 56.1 Å². The molecule has 1 aromatic carbocycles. The SMILES string of the molecule is Cc1nc2ccccc2n1[C@H]1C[C@H]2CN(CC3CCC3)C[C@H]2C[C@@H]1Oc1cnccn1. The summed E-state index contributed by atoms with van der Waals surface area (Å²) >= 11 is 0. The maximum atomic E-state index is 6.51. The van der Waals surface area contributed by atoms with Crippen molar-refractivity contribution in [1.29, 1.82) is 0 Å². The highest BCUT2D eigenvalue weighted by molar-refractivity contribution is 5.76. The van der Waals surface area contributed by atoms with Crippen molar-refractivity contribution in [2.24, 2.45) is 17.8 Å². The van der Waals surface area contributed by atoms with E-state index in [-0.39, 0.29) is 12.1 Å². The van der Waals surface area contributed by atoms with Gasteiger partial charge in [0.15, 0.2) is 0 Å². The van der Waals surface area contributed by atoms with E-state index >= 15 is 0 Å². The average Bonchev–Trinajstić information content (AvgIpc) is 3.30. The summed E-state index contributed by atoms with van der Waals surface area (Å²) in [6, 6.07) is 8.75. The molecule has 1 saturated heterocycles. The quantitative estimate of drug-likeness (QED) is 0.621. The van der Waals surface area contributed by atoms with Gasteiger partial charge in [-0.2, -0.15) is 0 Å². The molecule has 6 heteroatoms. The first-order valence-corrected chi connectivity index (χ1v) is 11.8. The van der Waals surface area contributed by atoms with Crippen LogP contribution < -0.4 is 4.74 Å². The van der Waals surface area contributed by atoms with Gasteiger partial charge in [0.25, 0.3) is 0 Å². The van der Waals surface area contributed by atoms with E-state index in [0.29, 0.717) is 11.8 Å². The molecule has 3 aliphatic rings. The summed E-state index contributed by atoms with van der Waals surface area (Å²) in [5, 5.41) is 0. The lowest BCUT2D eigenvalue weighted by molar-refractivity contribution is 0.0518. The van der Waals surface area contributed by atoms with E-state index in [1.165, 1.54) is 44.4 Å². The molecular weight excluding hydrogens is 386 g/mol. The van der Waals surface area contributed by atoms with Crippen molar-refractivity contribution < 1.29 is 4.74 Å². The van der Waals surface area contributed by atoms with Crippen LogP contribution in [0.1, 0.15) is 44.0 Å². The zero-order chi connectivity index (χ0) is 20.8. The number of hydrogen-bond acceptors (Lipinski definition) is 5. The second kappa shape index (κ2) is 7.90. The third-order valence-electron chi connectivity index (χ3n) is 7.82. The van der Waals surface area contributed by atoms with Gasteiger partial charge in [0, 0.05) is 32.0 Å². The van der Waals surface area contributed by atoms with Crippen molar-refractivity contribution in [3.63, 3.8) is 0 Å². The number of fused-ring (bicyclic) bond motifs is 2. The Morgan fingerprint density at radius 2 is 1.90 bits per heavy atom. The van der Waals surface area contributed by atoms with Crippen LogP contribution in [0.25, 0.3) is 11.0 Å². The van der Waals surface area contributed by atoms with Gasteiger partial charge >= 0.3 is 0 Å². The molecule has 6 nitrogen and oxygen atoms in total. The maximum absolute atomic E-state index is 6.51. The number of ether oxygens (including phenoxy) is 1. The molecule has 4 atom stereocenters. The molecule has 1 aliphatic heterocycles. The van der Waals surface area contributed by atoms with Gasteiger partial charge in [-0.15, -0.1) is 0 Å². The van der Waals surface area contributed by atoms with Gasteiger partial charge in [-0.05, 0) is 62.5 Å². The molecule has 0 N–H and O–H groups in total. The smallest absolute Gasteiger partial charge is 0.232 e. The van der Waals surface area contributed by atoms with Crippen molar-refractivity contribution in [2.45, 2.75) is 51.2 Å². The van der Waals surface area contributed by atoms with Crippen LogP contribution in [0, 0.1) is 24.7 Å². The van der Waals surface area contributed by atoms with E-state index in [2.05, 4.69) is 50.6 Å². The van der Waals surface area contributed by atoms with Gasteiger partial charge in [-0.3, -0.25) is 4.98 Å². The third-order valence-corrected chi connectivity index (χ3v) is 7.82. The highest BCUT2D eigenvalue weighted by Gasteiger charge is 2.45. The molecule has 3 heterocycles. The number of para-hydroxylation sites is 2. The Bertz CT molecular complexity index is 1050. The van der Waals surface area contributed by atoms with E-state index in [9.17, 15) is 0 Å². The second-order valence-electron chi connectivity index (χ2n) is 9.79. The van der Waals surface area contributed by atoms with Crippen LogP contribution in [0.5, 0.6) is 5.88 Å². The summed E-state index contributed by atoms with van der Waals surface area (Å²) in [6.45, 7) is 5.88. The highest BCUT2D eigenvalue weighted by atomic mass is 16.5. The van der Waals surface area contributed by atoms with Gasteiger partial charge in [0.2, 0.25) is 5.88 Å². The van der Waals surface area contributed by atoms with Crippen molar-refractivity contribution in [3.8, 4) is 5.88 Å². The predicted molar refractivity (Wildman–Crippen MR) is 120 cm³/mol. The van der Waals surface area contributed by atoms with Crippen molar-refractivity contribution in [2.75, 3.05) is 19.6 Å². The molecule has 0 spiro atoms. The molecular formula is C25H31N5O. The normalized spacial score (nSPS) is 29.1. The Morgan fingerprint density at radius 3 is 2.68 bits per heavy atom. The minimum atomic E-state index is 0.0814. The van der Waals surface area contributed by atoms with E-state index in [1.54, 1.807) is 18.6 Å². The predicted octanol–water partition coefficient (Wildman–Crippen LogP) is 4.27.